The second-order valence-electron chi connectivity index (χ2n) is 4.87. The molecule has 0 radical (unpaired) electrons. The Labute approximate surface area is 136 Å². The lowest BCUT2D eigenvalue weighted by Gasteiger charge is -2.32. The fourth-order valence-corrected chi connectivity index (χ4v) is 2.56. The maximum atomic E-state index is 12.5. The summed E-state index contributed by atoms with van der Waals surface area (Å²) in [6.45, 7) is 0.636. The minimum atomic E-state index is -1.78. The van der Waals surface area contributed by atoms with Crippen LogP contribution in [0.1, 0.15) is 6.92 Å². The number of methoxy groups -OCH3 is 1. The highest BCUT2D eigenvalue weighted by Crippen LogP contribution is 2.32. The molecule has 9 heteroatoms. The maximum Gasteiger partial charge on any atom is 0.261 e. The van der Waals surface area contributed by atoms with Gasteiger partial charge in [0.05, 0.1) is 11.5 Å². The van der Waals surface area contributed by atoms with Crippen molar-refractivity contribution in [2.24, 2.45) is 0 Å². The van der Waals surface area contributed by atoms with Crippen LogP contribution in [0.3, 0.4) is 0 Å². The van der Waals surface area contributed by atoms with Gasteiger partial charge in [-0.1, -0.05) is 23.4 Å². The molecule has 0 aliphatic rings. The van der Waals surface area contributed by atoms with Crippen LogP contribution in [0.2, 0.25) is 0 Å². The SMILES string of the molecule is COC(C)C(O)[C@](Cl)(C#CCF)n1ccc2c(=O)[nH]c(N)nc21. The van der Waals surface area contributed by atoms with Crippen LogP contribution in [0, 0.1) is 11.8 Å². The number of hydrogen-bond acceptors (Lipinski definition) is 5. The van der Waals surface area contributed by atoms with E-state index in [0.717, 1.165) is 0 Å². The summed E-state index contributed by atoms with van der Waals surface area (Å²) in [6.07, 6.45) is -0.609. The highest BCUT2D eigenvalue weighted by atomic mass is 35.5. The third kappa shape index (κ3) is 3.03. The molecule has 2 aromatic heterocycles. The van der Waals surface area contributed by atoms with Crippen molar-refractivity contribution in [3.63, 3.8) is 0 Å². The molecule has 2 heterocycles. The van der Waals surface area contributed by atoms with Crippen molar-refractivity contribution in [3.8, 4) is 11.8 Å². The highest BCUT2D eigenvalue weighted by Gasteiger charge is 2.41. The second-order valence-corrected chi connectivity index (χ2v) is 5.44. The first-order chi connectivity index (χ1) is 10.8. The molecule has 0 fully saturated rings. The number of anilines is 1. The van der Waals surface area contributed by atoms with E-state index < -0.39 is 29.4 Å². The molecular weight excluding hydrogens is 327 g/mol. The van der Waals surface area contributed by atoms with Crippen molar-refractivity contribution in [2.75, 3.05) is 19.5 Å². The van der Waals surface area contributed by atoms with Gasteiger partial charge in [0.2, 0.25) is 10.9 Å². The first kappa shape index (κ1) is 17.3. The molecule has 3 atom stereocenters. The summed E-state index contributed by atoms with van der Waals surface area (Å²) in [7, 11) is 1.39. The number of aromatic amines is 1. The zero-order valence-corrected chi connectivity index (χ0v) is 13.3. The Morgan fingerprint density at radius 1 is 1.70 bits per heavy atom. The van der Waals surface area contributed by atoms with Gasteiger partial charge in [-0.15, -0.1) is 0 Å². The Morgan fingerprint density at radius 2 is 2.39 bits per heavy atom. The maximum absolute atomic E-state index is 12.5. The van der Waals surface area contributed by atoms with Crippen LogP contribution in [0.5, 0.6) is 0 Å². The largest absolute Gasteiger partial charge is 0.386 e. The smallest absolute Gasteiger partial charge is 0.261 e. The minimum Gasteiger partial charge on any atom is -0.386 e. The molecule has 0 bridgehead atoms. The quantitative estimate of drug-likeness (QED) is 0.556. The molecule has 0 aliphatic heterocycles. The van der Waals surface area contributed by atoms with Crippen LogP contribution < -0.4 is 11.3 Å². The van der Waals surface area contributed by atoms with Crippen LogP contribution in [-0.2, 0) is 9.73 Å². The molecule has 0 aromatic carbocycles. The molecule has 0 aliphatic carbocycles. The van der Waals surface area contributed by atoms with E-state index in [1.807, 2.05) is 0 Å². The number of ether oxygens (including phenoxy) is 1. The summed E-state index contributed by atoms with van der Waals surface area (Å²) in [5.74, 6) is 4.56. The molecule has 23 heavy (non-hydrogen) atoms. The van der Waals surface area contributed by atoms with Gasteiger partial charge in [0.1, 0.15) is 12.8 Å². The van der Waals surface area contributed by atoms with Gasteiger partial charge in [0.15, 0.2) is 5.65 Å². The second kappa shape index (κ2) is 6.58. The van der Waals surface area contributed by atoms with Crippen LogP contribution in [0.25, 0.3) is 11.0 Å². The van der Waals surface area contributed by atoms with Crippen molar-refractivity contribution in [1.82, 2.24) is 14.5 Å². The molecule has 0 amide bonds. The van der Waals surface area contributed by atoms with Gasteiger partial charge in [-0.25, -0.2) is 4.39 Å². The number of halogens is 2. The van der Waals surface area contributed by atoms with Crippen molar-refractivity contribution >= 4 is 28.6 Å². The van der Waals surface area contributed by atoms with Gasteiger partial charge in [-0.05, 0) is 13.0 Å². The lowest BCUT2D eigenvalue weighted by Crippen LogP contribution is -2.45. The number of aliphatic hydroxyl groups excluding tert-OH is 1. The van der Waals surface area contributed by atoms with Crippen molar-refractivity contribution in [2.45, 2.75) is 24.1 Å². The summed E-state index contributed by atoms with van der Waals surface area (Å²) in [5.41, 5.74) is 5.21. The number of aliphatic hydroxyl groups is 1. The highest BCUT2D eigenvalue weighted by molar-refractivity contribution is 6.25. The van der Waals surface area contributed by atoms with Gasteiger partial charge in [-0.3, -0.25) is 14.3 Å². The number of nitrogens with zero attached hydrogens (tertiary/aromatic N) is 2. The van der Waals surface area contributed by atoms with Crippen molar-refractivity contribution in [1.29, 1.82) is 0 Å². The number of hydrogen-bond donors (Lipinski definition) is 3. The molecule has 7 nitrogen and oxygen atoms in total. The van der Waals surface area contributed by atoms with Crippen LogP contribution in [0.15, 0.2) is 17.1 Å². The Morgan fingerprint density at radius 3 is 3.00 bits per heavy atom. The Kier molecular flexibility index (Phi) is 4.94. The van der Waals surface area contributed by atoms with Crippen molar-refractivity contribution < 1.29 is 14.2 Å². The first-order valence-electron chi connectivity index (χ1n) is 6.68. The molecular formula is C14H16ClFN4O3. The van der Waals surface area contributed by atoms with E-state index in [2.05, 4.69) is 21.8 Å². The summed E-state index contributed by atoms with van der Waals surface area (Å²) in [6, 6.07) is 1.46. The monoisotopic (exact) mass is 342 g/mol. The zero-order valence-electron chi connectivity index (χ0n) is 12.5. The van der Waals surface area contributed by atoms with E-state index in [4.69, 9.17) is 22.1 Å². The summed E-state index contributed by atoms with van der Waals surface area (Å²) >= 11 is 6.49. The fourth-order valence-electron chi connectivity index (χ4n) is 2.18. The fraction of sp³-hybridized carbons (Fsp3) is 0.429. The van der Waals surface area contributed by atoms with E-state index in [-0.39, 0.29) is 17.0 Å². The van der Waals surface area contributed by atoms with E-state index >= 15 is 0 Å². The predicted molar refractivity (Wildman–Crippen MR) is 84.8 cm³/mol. The van der Waals surface area contributed by atoms with Gasteiger partial charge < -0.3 is 15.6 Å². The van der Waals surface area contributed by atoms with Gasteiger partial charge in [0, 0.05) is 13.3 Å². The molecule has 0 spiro atoms. The summed E-state index contributed by atoms with van der Waals surface area (Å²) in [5, 5.41) is 10.7. The number of nitrogen functional groups attached to an aromatic ring is 1. The average Bonchev–Trinajstić information content (AvgIpc) is 2.95. The normalized spacial score (nSPS) is 16.4. The molecule has 0 saturated carbocycles. The van der Waals surface area contributed by atoms with Gasteiger partial charge in [-0.2, -0.15) is 4.98 Å². The molecule has 2 rings (SSSR count). The summed E-state index contributed by atoms with van der Waals surface area (Å²) in [4.78, 5) is 16.5. The topological polar surface area (TPSA) is 106 Å². The molecule has 0 saturated heterocycles. The van der Waals surface area contributed by atoms with E-state index in [9.17, 15) is 14.3 Å². The number of nitrogens with two attached hydrogens (primary N) is 1. The van der Waals surface area contributed by atoms with E-state index in [1.165, 1.54) is 23.9 Å². The average molecular weight is 343 g/mol. The van der Waals surface area contributed by atoms with Gasteiger partial charge >= 0.3 is 0 Å². The van der Waals surface area contributed by atoms with Crippen molar-refractivity contribution in [3.05, 3.63) is 22.6 Å². The van der Waals surface area contributed by atoms with Crippen LogP contribution in [-0.4, -0.2) is 45.6 Å². The third-order valence-electron chi connectivity index (χ3n) is 3.46. The lowest BCUT2D eigenvalue weighted by molar-refractivity contribution is -0.0259. The number of alkyl halides is 2. The Bertz CT molecular complexity index is 825. The standard InChI is InChI=1S/C14H16ClFN4O3/c1-8(23-2)10(21)14(15,5-3-6-16)20-7-4-9-11(20)18-13(17)19-12(9)22/h4,7-8,10,21H,6H2,1-2H3,(H3,17,18,19,22)/t8?,10?,14-/m0/s1. The molecule has 124 valence electrons. The number of fused-ring (bicyclic) bond motifs is 1. The number of rotatable bonds is 4. The Balaban J connectivity index is 2.72. The minimum absolute atomic E-state index is 0.116. The number of nitrogens with one attached hydrogen (secondary N) is 1. The van der Waals surface area contributed by atoms with E-state index in [1.54, 1.807) is 6.92 Å². The lowest BCUT2D eigenvalue weighted by atomic mass is 10.1. The Hall–Kier alpha value is -2.08. The van der Waals surface area contributed by atoms with E-state index in [0.29, 0.717) is 0 Å². The molecule has 2 unspecified atom stereocenters. The number of aromatic nitrogens is 3. The van der Waals surface area contributed by atoms with Crippen LogP contribution >= 0.6 is 11.6 Å². The molecule has 4 N–H and O–H groups in total. The number of H-pyrrole nitrogens is 1. The summed E-state index contributed by atoms with van der Waals surface area (Å²) < 4.78 is 18.9. The van der Waals surface area contributed by atoms with Crippen LogP contribution in [0.4, 0.5) is 10.3 Å². The zero-order chi connectivity index (χ0) is 17.2. The predicted octanol–water partition coefficient (Wildman–Crippen LogP) is 0.567. The molecule has 2 aromatic rings. The third-order valence-corrected chi connectivity index (χ3v) is 3.96. The van der Waals surface area contributed by atoms with Gasteiger partial charge in [0.25, 0.3) is 5.56 Å². The first-order valence-corrected chi connectivity index (χ1v) is 7.06.